The lowest BCUT2D eigenvalue weighted by atomic mass is 9.96. The van der Waals surface area contributed by atoms with E-state index in [2.05, 4.69) is 36.5 Å². The van der Waals surface area contributed by atoms with Gasteiger partial charge in [-0.2, -0.15) is 0 Å². The zero-order valence-corrected chi connectivity index (χ0v) is 14.7. The van der Waals surface area contributed by atoms with Crippen molar-refractivity contribution in [2.45, 2.75) is 65.0 Å². The summed E-state index contributed by atoms with van der Waals surface area (Å²) >= 11 is 0. The van der Waals surface area contributed by atoms with E-state index in [1.165, 1.54) is 11.1 Å². The topological polar surface area (TPSA) is 49.4 Å². The highest BCUT2D eigenvalue weighted by Crippen LogP contribution is 2.30. The molecule has 1 aromatic rings. The number of carbonyl (C=O) groups is 2. The molecule has 0 spiro atoms. The van der Waals surface area contributed by atoms with Crippen LogP contribution in [0.25, 0.3) is 0 Å². The van der Waals surface area contributed by atoms with E-state index in [0.717, 1.165) is 12.8 Å². The lowest BCUT2D eigenvalue weighted by Gasteiger charge is -2.35. The van der Waals surface area contributed by atoms with Gasteiger partial charge < -0.3 is 10.2 Å². The molecule has 4 nitrogen and oxygen atoms in total. The highest BCUT2D eigenvalue weighted by Gasteiger charge is 2.47. The second-order valence-corrected chi connectivity index (χ2v) is 6.84. The number of hydrogen-bond donors (Lipinski definition) is 1. The number of nitrogens with one attached hydrogen (secondary N) is 1. The molecular formula is C19H28N2O2. The highest BCUT2D eigenvalue weighted by atomic mass is 16.2. The summed E-state index contributed by atoms with van der Waals surface area (Å²) in [6, 6.07) is 8.47. The molecular weight excluding hydrogens is 288 g/mol. The van der Waals surface area contributed by atoms with Crippen molar-refractivity contribution in [3.05, 3.63) is 35.4 Å². The van der Waals surface area contributed by atoms with Crippen molar-refractivity contribution in [3.63, 3.8) is 0 Å². The fourth-order valence-electron chi connectivity index (χ4n) is 2.98. The van der Waals surface area contributed by atoms with Crippen LogP contribution in [0.1, 0.15) is 51.2 Å². The molecule has 0 bridgehead atoms. The van der Waals surface area contributed by atoms with Gasteiger partial charge in [-0.05, 0) is 45.6 Å². The summed E-state index contributed by atoms with van der Waals surface area (Å²) in [4.78, 5) is 26.7. The van der Waals surface area contributed by atoms with Crippen LogP contribution in [0.3, 0.4) is 0 Å². The number of aryl methyl sites for hydroxylation is 1. The summed E-state index contributed by atoms with van der Waals surface area (Å²) in [7, 11) is 0. The van der Waals surface area contributed by atoms with Crippen LogP contribution in [0.4, 0.5) is 0 Å². The SMILES string of the molecule is CCC(C)NC(=O)C1(C)CCC(=O)N1CCc1ccc(C)cc1. The molecule has 1 heterocycles. The first-order valence-electron chi connectivity index (χ1n) is 8.54. The van der Waals surface area contributed by atoms with Gasteiger partial charge in [-0.25, -0.2) is 0 Å². The van der Waals surface area contributed by atoms with Gasteiger partial charge in [-0.1, -0.05) is 36.8 Å². The van der Waals surface area contributed by atoms with Crippen LogP contribution in [-0.2, 0) is 16.0 Å². The molecule has 1 saturated heterocycles. The first kappa shape index (κ1) is 17.5. The highest BCUT2D eigenvalue weighted by molar-refractivity contribution is 5.94. The predicted octanol–water partition coefficient (Wildman–Crippen LogP) is 2.83. The Labute approximate surface area is 139 Å². The van der Waals surface area contributed by atoms with Gasteiger partial charge in [0.05, 0.1) is 0 Å². The number of nitrogens with zero attached hydrogens (tertiary/aromatic N) is 1. The molecule has 0 saturated carbocycles. The van der Waals surface area contributed by atoms with Crippen molar-refractivity contribution in [1.82, 2.24) is 10.2 Å². The Morgan fingerprint density at radius 1 is 1.35 bits per heavy atom. The molecule has 0 radical (unpaired) electrons. The van der Waals surface area contributed by atoms with E-state index in [1.54, 1.807) is 4.90 Å². The van der Waals surface area contributed by atoms with Crippen molar-refractivity contribution in [3.8, 4) is 0 Å². The van der Waals surface area contributed by atoms with Crippen molar-refractivity contribution in [2.75, 3.05) is 6.54 Å². The number of likely N-dealkylation sites (tertiary alicyclic amines) is 1. The molecule has 23 heavy (non-hydrogen) atoms. The quantitative estimate of drug-likeness (QED) is 0.877. The van der Waals surface area contributed by atoms with E-state index in [-0.39, 0.29) is 17.9 Å². The Hall–Kier alpha value is -1.84. The minimum Gasteiger partial charge on any atom is -0.352 e. The lowest BCUT2D eigenvalue weighted by Crippen LogP contribution is -2.56. The molecule has 2 amide bonds. The van der Waals surface area contributed by atoms with Crippen LogP contribution in [0, 0.1) is 6.92 Å². The average Bonchev–Trinajstić information content (AvgIpc) is 2.83. The smallest absolute Gasteiger partial charge is 0.245 e. The molecule has 1 fully saturated rings. The van der Waals surface area contributed by atoms with Crippen LogP contribution in [0.2, 0.25) is 0 Å². The van der Waals surface area contributed by atoms with Gasteiger partial charge in [0.25, 0.3) is 0 Å². The standard InChI is InChI=1S/C19H28N2O2/c1-5-15(3)20-18(23)19(4)12-10-17(22)21(19)13-11-16-8-6-14(2)7-9-16/h6-9,15H,5,10-13H2,1-4H3,(H,20,23). The maximum atomic E-state index is 12.6. The Balaban J connectivity index is 2.06. The van der Waals surface area contributed by atoms with Gasteiger partial charge in [0.1, 0.15) is 5.54 Å². The van der Waals surface area contributed by atoms with Crippen LogP contribution in [-0.4, -0.2) is 34.8 Å². The van der Waals surface area contributed by atoms with Gasteiger partial charge in [0, 0.05) is 19.0 Å². The van der Waals surface area contributed by atoms with Crippen molar-refractivity contribution >= 4 is 11.8 Å². The third-order valence-corrected chi connectivity index (χ3v) is 4.95. The summed E-state index contributed by atoms with van der Waals surface area (Å²) in [5.74, 6) is 0.0560. The maximum absolute atomic E-state index is 12.6. The van der Waals surface area contributed by atoms with Crippen LogP contribution < -0.4 is 5.32 Å². The van der Waals surface area contributed by atoms with Crippen LogP contribution in [0.15, 0.2) is 24.3 Å². The van der Waals surface area contributed by atoms with Crippen LogP contribution in [0.5, 0.6) is 0 Å². The zero-order valence-electron chi connectivity index (χ0n) is 14.7. The maximum Gasteiger partial charge on any atom is 0.245 e. The molecule has 2 rings (SSSR count). The van der Waals surface area contributed by atoms with E-state index in [9.17, 15) is 9.59 Å². The fourth-order valence-corrected chi connectivity index (χ4v) is 2.98. The summed E-state index contributed by atoms with van der Waals surface area (Å²) < 4.78 is 0. The number of benzene rings is 1. The first-order chi connectivity index (χ1) is 10.9. The van der Waals surface area contributed by atoms with E-state index >= 15 is 0 Å². The Morgan fingerprint density at radius 3 is 2.61 bits per heavy atom. The predicted molar refractivity (Wildman–Crippen MR) is 92.1 cm³/mol. The monoisotopic (exact) mass is 316 g/mol. The molecule has 0 aromatic heterocycles. The van der Waals surface area contributed by atoms with Gasteiger partial charge >= 0.3 is 0 Å². The largest absolute Gasteiger partial charge is 0.352 e. The van der Waals surface area contributed by atoms with Crippen molar-refractivity contribution in [2.24, 2.45) is 0 Å². The van der Waals surface area contributed by atoms with E-state index in [4.69, 9.17) is 0 Å². The summed E-state index contributed by atoms with van der Waals surface area (Å²) in [5.41, 5.74) is 1.70. The summed E-state index contributed by atoms with van der Waals surface area (Å²) in [6.07, 6.45) is 2.72. The average molecular weight is 316 g/mol. The molecule has 1 aliphatic rings. The molecule has 1 N–H and O–H groups in total. The summed E-state index contributed by atoms with van der Waals surface area (Å²) in [5, 5.41) is 3.04. The Kier molecular flexibility index (Phi) is 5.45. The van der Waals surface area contributed by atoms with Gasteiger partial charge in [-0.15, -0.1) is 0 Å². The van der Waals surface area contributed by atoms with E-state index in [0.29, 0.717) is 19.4 Å². The number of carbonyl (C=O) groups excluding carboxylic acids is 2. The number of amides is 2. The second kappa shape index (κ2) is 7.16. The van der Waals surface area contributed by atoms with Gasteiger partial charge in [0.15, 0.2) is 0 Å². The molecule has 4 heteroatoms. The summed E-state index contributed by atoms with van der Waals surface area (Å²) in [6.45, 7) is 8.58. The first-order valence-corrected chi connectivity index (χ1v) is 8.54. The Morgan fingerprint density at radius 2 is 2.00 bits per heavy atom. The molecule has 2 atom stereocenters. The second-order valence-electron chi connectivity index (χ2n) is 6.84. The normalized spacial score (nSPS) is 22.3. The zero-order chi connectivity index (χ0) is 17.0. The van der Waals surface area contributed by atoms with Crippen molar-refractivity contribution < 1.29 is 9.59 Å². The minimum absolute atomic E-state index is 0.0263. The molecule has 0 aliphatic carbocycles. The van der Waals surface area contributed by atoms with Crippen LogP contribution >= 0.6 is 0 Å². The number of hydrogen-bond acceptors (Lipinski definition) is 2. The third-order valence-electron chi connectivity index (χ3n) is 4.95. The van der Waals surface area contributed by atoms with E-state index in [1.807, 2.05) is 20.8 Å². The molecule has 126 valence electrons. The molecule has 1 aromatic carbocycles. The molecule has 2 unspecified atom stereocenters. The van der Waals surface area contributed by atoms with Crippen molar-refractivity contribution in [1.29, 1.82) is 0 Å². The lowest BCUT2D eigenvalue weighted by molar-refractivity contribution is -0.140. The van der Waals surface area contributed by atoms with E-state index < -0.39 is 5.54 Å². The minimum atomic E-state index is -0.717. The van der Waals surface area contributed by atoms with Gasteiger partial charge in [-0.3, -0.25) is 9.59 Å². The fraction of sp³-hybridized carbons (Fsp3) is 0.579. The third kappa shape index (κ3) is 3.92. The molecule has 1 aliphatic heterocycles. The van der Waals surface area contributed by atoms with Gasteiger partial charge in [0.2, 0.25) is 11.8 Å². The number of rotatable bonds is 6. The Bertz CT molecular complexity index is 567.